The first-order valence-corrected chi connectivity index (χ1v) is 7.54. The Labute approximate surface area is 148 Å². The Balaban J connectivity index is 0.000000238. The third kappa shape index (κ3) is 5.76. The first kappa shape index (κ1) is 20.4. The molecule has 2 aromatic carbocycles. The monoisotopic (exact) mass is 350 g/mol. The molecule has 0 saturated carbocycles. The highest BCUT2D eigenvalue weighted by atomic mass is 35.5. The lowest BCUT2D eigenvalue weighted by molar-refractivity contribution is 0.172. The van der Waals surface area contributed by atoms with Crippen molar-refractivity contribution in [2.75, 3.05) is 13.2 Å². The van der Waals surface area contributed by atoms with Gasteiger partial charge in [0.05, 0.1) is 0 Å². The molecule has 0 spiro atoms. The van der Waals surface area contributed by atoms with Crippen molar-refractivity contribution in [2.45, 2.75) is 14.2 Å². The lowest BCUT2D eigenvalue weighted by Gasteiger charge is -2.18. The van der Waals surface area contributed by atoms with Gasteiger partial charge < -0.3 is 24.5 Å². The van der Waals surface area contributed by atoms with Gasteiger partial charge in [0.1, 0.15) is 13.2 Å². The summed E-state index contributed by atoms with van der Waals surface area (Å²) in [5, 5.41) is 27.1. The Hall–Kier alpha value is -1.66. The zero-order valence-corrected chi connectivity index (χ0v) is 13.4. The first-order chi connectivity index (χ1) is 11.0. The highest BCUT2D eigenvalue weighted by Crippen LogP contribution is 2.28. The van der Waals surface area contributed by atoms with Gasteiger partial charge in [-0.3, -0.25) is 0 Å². The maximum atomic E-state index is 9.33. The second-order valence-electron chi connectivity index (χ2n) is 5.01. The molecule has 0 saturated heterocycles. The summed E-state index contributed by atoms with van der Waals surface area (Å²) < 4.78 is 10.7. The zero-order valence-electron chi connectivity index (χ0n) is 12.6. The van der Waals surface area contributed by atoms with E-state index in [4.69, 9.17) is 31.1 Å². The smallest absolute Gasteiger partial charge is 0.486 e. The molecule has 3 N–H and O–H groups in total. The van der Waals surface area contributed by atoms with Crippen LogP contribution >= 0.6 is 11.6 Å². The van der Waals surface area contributed by atoms with Crippen LogP contribution in [0.25, 0.3) is 0 Å². The molecule has 24 heavy (non-hydrogen) atoms. The molecule has 1 heterocycles. The van der Waals surface area contributed by atoms with Crippen LogP contribution in [-0.4, -0.2) is 42.3 Å². The number of halogens is 1. The van der Waals surface area contributed by atoms with E-state index >= 15 is 0 Å². The largest absolute Gasteiger partial charge is 0.488 e. The average molecular weight is 350 g/mol. The van der Waals surface area contributed by atoms with Gasteiger partial charge in [0.25, 0.3) is 0 Å². The van der Waals surface area contributed by atoms with Crippen LogP contribution in [0.1, 0.15) is 7.43 Å². The van der Waals surface area contributed by atoms with Crippen LogP contribution in [0.4, 0.5) is 0 Å². The molecule has 0 atom stereocenters. The van der Waals surface area contributed by atoms with E-state index < -0.39 is 14.0 Å². The van der Waals surface area contributed by atoms with Crippen LogP contribution in [0.15, 0.2) is 42.5 Å². The molecule has 0 amide bonds. The van der Waals surface area contributed by atoms with Gasteiger partial charge in [-0.25, -0.2) is 0 Å². The van der Waals surface area contributed by atoms with Crippen LogP contribution in [-0.2, 0) is 0 Å². The van der Waals surface area contributed by atoms with E-state index in [0.29, 0.717) is 23.7 Å². The average Bonchev–Trinajstić information content (AvgIpc) is 2.55. The van der Waals surface area contributed by atoms with E-state index in [1.807, 2.05) is 18.2 Å². The van der Waals surface area contributed by atoms with Crippen LogP contribution < -0.4 is 20.4 Å². The van der Waals surface area contributed by atoms with E-state index in [1.165, 1.54) is 6.07 Å². The molecule has 128 valence electrons. The van der Waals surface area contributed by atoms with Crippen molar-refractivity contribution >= 4 is 36.6 Å². The van der Waals surface area contributed by atoms with E-state index in [-0.39, 0.29) is 7.43 Å². The fourth-order valence-corrected chi connectivity index (χ4v) is 2.19. The maximum Gasteiger partial charge on any atom is 0.488 e. The predicted molar refractivity (Wildman–Crippen MR) is 98.9 cm³/mol. The molecule has 1 aliphatic heterocycles. The summed E-state index contributed by atoms with van der Waals surface area (Å²) in [6.07, 6.45) is 0. The number of hydrogen-bond donors (Lipinski definition) is 3. The molecule has 3 rings (SSSR count). The van der Waals surface area contributed by atoms with Gasteiger partial charge in [0, 0.05) is 5.02 Å². The van der Waals surface area contributed by atoms with E-state index in [2.05, 4.69) is 0 Å². The third-order valence-corrected chi connectivity index (χ3v) is 3.43. The van der Waals surface area contributed by atoms with Crippen LogP contribution in [0.2, 0.25) is 11.8 Å². The number of fused-ring (bicyclic) bond motifs is 1. The molecular weight excluding hydrogens is 329 g/mol. The maximum absolute atomic E-state index is 9.33. The molecule has 0 radical (unpaired) electrons. The molecule has 0 fully saturated rings. The first-order valence-electron chi connectivity index (χ1n) is 7.16. The highest BCUT2D eigenvalue weighted by molar-refractivity contribution is 6.64. The van der Waals surface area contributed by atoms with Gasteiger partial charge >= 0.3 is 14.0 Å². The summed E-state index contributed by atoms with van der Waals surface area (Å²) in [5.74, 6) is 1.49. The highest BCUT2D eigenvalue weighted by Gasteiger charge is 2.14. The molecule has 0 bridgehead atoms. The van der Waals surface area contributed by atoms with Gasteiger partial charge in [0.2, 0.25) is 0 Å². The molecule has 1 aliphatic rings. The van der Waals surface area contributed by atoms with Crippen molar-refractivity contribution < 1.29 is 24.5 Å². The van der Waals surface area contributed by atoms with Gasteiger partial charge in [-0.15, -0.1) is 0 Å². The summed E-state index contributed by atoms with van der Waals surface area (Å²) in [6.45, 7) is 2.44. The summed E-state index contributed by atoms with van der Waals surface area (Å²) >= 11 is 5.57. The van der Waals surface area contributed by atoms with E-state index in [9.17, 15) is 5.02 Å². The van der Waals surface area contributed by atoms with Crippen LogP contribution in [0.3, 0.4) is 0 Å². The van der Waals surface area contributed by atoms with Crippen molar-refractivity contribution in [3.63, 3.8) is 0 Å². The standard InChI is InChI=1S/C9H11BO3.C6H6BClO2.CH4/c1-10(11)7-2-3-8-9(6-7)13-5-4-12-8;8-6-3-1-2-5(4-6)7(9)10;/h2-3,6,11H,4-5H2,1H3;1-4,9-10H;1H4. The quantitative estimate of drug-likeness (QED) is 0.703. The van der Waals surface area contributed by atoms with Crippen LogP contribution in [0, 0.1) is 0 Å². The van der Waals surface area contributed by atoms with Crippen molar-refractivity contribution in [3.8, 4) is 11.5 Å². The summed E-state index contributed by atoms with van der Waals surface area (Å²) in [4.78, 5) is 0. The van der Waals surface area contributed by atoms with E-state index in [0.717, 1.165) is 17.0 Å². The van der Waals surface area contributed by atoms with Gasteiger partial charge in [-0.1, -0.05) is 44.0 Å². The van der Waals surface area contributed by atoms with Crippen molar-refractivity contribution in [3.05, 3.63) is 47.5 Å². The zero-order chi connectivity index (χ0) is 16.8. The summed E-state index contributed by atoms with van der Waals surface area (Å²) in [5.41, 5.74) is 1.26. The summed E-state index contributed by atoms with van der Waals surface area (Å²) in [7, 11) is -1.43. The number of rotatable bonds is 2. The van der Waals surface area contributed by atoms with Gasteiger partial charge in [-0.05, 0) is 35.2 Å². The number of ether oxygens (including phenoxy) is 2. The van der Waals surface area contributed by atoms with Gasteiger partial charge in [0.15, 0.2) is 11.5 Å². The van der Waals surface area contributed by atoms with Crippen LogP contribution in [0.5, 0.6) is 11.5 Å². The number of benzene rings is 2. The predicted octanol–water partition coefficient (Wildman–Crippen LogP) is 0.934. The van der Waals surface area contributed by atoms with Crippen molar-refractivity contribution in [1.82, 2.24) is 0 Å². The minimum absolute atomic E-state index is 0. The Morgan fingerprint density at radius 3 is 2.12 bits per heavy atom. The lowest BCUT2D eigenvalue weighted by atomic mass is 9.64. The molecule has 0 unspecified atom stereocenters. The summed E-state index contributed by atoms with van der Waals surface area (Å²) in [6, 6.07) is 11.9. The van der Waals surface area contributed by atoms with Gasteiger partial charge in [-0.2, -0.15) is 0 Å². The molecule has 8 heteroatoms. The third-order valence-electron chi connectivity index (χ3n) is 3.20. The Morgan fingerprint density at radius 1 is 0.917 bits per heavy atom. The number of hydrogen-bond acceptors (Lipinski definition) is 5. The van der Waals surface area contributed by atoms with E-state index in [1.54, 1.807) is 25.0 Å². The normalized spacial score (nSPS) is 11.5. The second kappa shape index (κ2) is 9.59. The van der Waals surface area contributed by atoms with Crippen molar-refractivity contribution in [1.29, 1.82) is 0 Å². The Bertz CT molecular complexity index is 652. The van der Waals surface area contributed by atoms with Crippen molar-refractivity contribution in [2.24, 2.45) is 0 Å². The molecule has 0 aromatic heterocycles. The Kier molecular flexibility index (Phi) is 8.15. The fraction of sp³-hybridized carbons (Fsp3) is 0.250. The Morgan fingerprint density at radius 2 is 1.58 bits per heavy atom. The lowest BCUT2D eigenvalue weighted by Crippen LogP contribution is -2.29. The fourth-order valence-electron chi connectivity index (χ4n) is 1.99. The molecular formula is C16H21B2ClO5. The molecule has 5 nitrogen and oxygen atoms in total. The topological polar surface area (TPSA) is 79.2 Å². The molecule has 0 aliphatic carbocycles. The SMILES string of the molecule is C.CB(O)c1ccc2c(c1)OCCO2.OB(O)c1cccc(Cl)c1. The minimum Gasteiger partial charge on any atom is -0.486 e. The minimum atomic E-state index is -1.43. The second-order valence-corrected chi connectivity index (χ2v) is 5.44. The molecule has 2 aromatic rings.